The number of rotatable bonds is 7. The molecule has 1 fully saturated rings. The molecule has 1 amide bonds. The maximum atomic E-state index is 13.4. The summed E-state index contributed by atoms with van der Waals surface area (Å²) >= 11 is 0. The highest BCUT2D eigenvalue weighted by Crippen LogP contribution is 2.29. The van der Waals surface area contributed by atoms with E-state index in [0.29, 0.717) is 6.54 Å². The summed E-state index contributed by atoms with van der Waals surface area (Å²) in [5, 5.41) is 2.95. The minimum absolute atomic E-state index is 0.0228. The molecular formula is C27H30FN3O. The predicted octanol–water partition coefficient (Wildman–Crippen LogP) is 4.24. The molecule has 32 heavy (non-hydrogen) atoms. The molecule has 1 N–H and O–H groups in total. The largest absolute Gasteiger partial charge is 0.351 e. The molecule has 0 radical (unpaired) electrons. The highest BCUT2D eigenvalue weighted by Gasteiger charge is 2.30. The first-order valence-electron chi connectivity index (χ1n) is 11.2. The van der Waals surface area contributed by atoms with E-state index in [0.717, 1.165) is 31.7 Å². The summed E-state index contributed by atoms with van der Waals surface area (Å²) < 4.78 is 13.4. The van der Waals surface area contributed by atoms with Gasteiger partial charge in [-0.1, -0.05) is 72.8 Å². The summed E-state index contributed by atoms with van der Waals surface area (Å²) in [4.78, 5) is 17.4. The van der Waals surface area contributed by atoms with E-state index in [-0.39, 0.29) is 23.8 Å². The molecule has 1 atom stereocenters. The molecule has 1 saturated heterocycles. The zero-order valence-corrected chi connectivity index (χ0v) is 18.5. The first kappa shape index (κ1) is 22.2. The number of piperazine rings is 1. The second kappa shape index (κ2) is 10.5. The van der Waals surface area contributed by atoms with Crippen LogP contribution in [0.15, 0.2) is 84.9 Å². The molecule has 0 aliphatic carbocycles. The Bertz CT molecular complexity index is 964. The number of hydrogen-bond acceptors (Lipinski definition) is 3. The van der Waals surface area contributed by atoms with Gasteiger partial charge in [0.25, 0.3) is 0 Å². The van der Waals surface area contributed by atoms with Crippen LogP contribution in [-0.4, -0.2) is 47.9 Å². The van der Waals surface area contributed by atoms with Gasteiger partial charge in [0.15, 0.2) is 0 Å². The number of carbonyl (C=O) groups excluding carboxylic acids is 1. The highest BCUT2D eigenvalue weighted by molar-refractivity contribution is 5.81. The Balaban J connectivity index is 1.37. The summed E-state index contributed by atoms with van der Waals surface area (Å²) in [5.74, 6) is -0.308. The van der Waals surface area contributed by atoms with Crippen molar-refractivity contribution in [2.45, 2.75) is 25.6 Å². The van der Waals surface area contributed by atoms with Crippen LogP contribution < -0.4 is 5.32 Å². The van der Waals surface area contributed by atoms with Gasteiger partial charge in [-0.2, -0.15) is 0 Å². The summed E-state index contributed by atoms with van der Waals surface area (Å²) in [6.07, 6.45) is 0. The Kier molecular flexibility index (Phi) is 7.30. The number of carbonyl (C=O) groups is 1. The maximum absolute atomic E-state index is 13.4. The standard InChI is InChI=1S/C27H30FN3O/c1-21(27(32)29-20-22-9-8-14-25(28)19-22)30-15-17-31(18-16-30)26(23-10-4-2-5-11-23)24-12-6-3-7-13-24/h2-14,19,21,26H,15-18,20H2,1H3,(H,29,32). The second-order valence-corrected chi connectivity index (χ2v) is 8.32. The third-order valence-corrected chi connectivity index (χ3v) is 6.23. The SMILES string of the molecule is CC(C(=O)NCc1cccc(F)c1)N1CCN(C(c2ccccc2)c2ccccc2)CC1. The zero-order valence-electron chi connectivity index (χ0n) is 18.5. The van der Waals surface area contributed by atoms with Crippen molar-refractivity contribution in [2.24, 2.45) is 0 Å². The van der Waals surface area contributed by atoms with Crippen molar-refractivity contribution in [3.8, 4) is 0 Å². The highest BCUT2D eigenvalue weighted by atomic mass is 19.1. The lowest BCUT2D eigenvalue weighted by Gasteiger charge is -2.41. The molecule has 5 heteroatoms. The molecule has 4 nitrogen and oxygen atoms in total. The van der Waals surface area contributed by atoms with Crippen LogP contribution in [0.4, 0.5) is 4.39 Å². The van der Waals surface area contributed by atoms with Crippen LogP contribution in [0.3, 0.4) is 0 Å². The van der Waals surface area contributed by atoms with E-state index < -0.39 is 0 Å². The number of benzene rings is 3. The first-order chi connectivity index (χ1) is 15.6. The smallest absolute Gasteiger partial charge is 0.237 e. The van der Waals surface area contributed by atoms with Crippen LogP contribution in [0.2, 0.25) is 0 Å². The van der Waals surface area contributed by atoms with Crippen molar-refractivity contribution in [1.29, 1.82) is 0 Å². The zero-order chi connectivity index (χ0) is 22.3. The number of amides is 1. The summed E-state index contributed by atoms with van der Waals surface area (Å²) in [6, 6.07) is 27.5. The van der Waals surface area contributed by atoms with Gasteiger partial charge in [0, 0.05) is 32.7 Å². The quantitative estimate of drug-likeness (QED) is 0.608. The fourth-order valence-corrected chi connectivity index (χ4v) is 4.42. The molecule has 0 aromatic heterocycles. The molecule has 3 aromatic carbocycles. The van der Waals surface area contributed by atoms with Crippen molar-refractivity contribution in [1.82, 2.24) is 15.1 Å². The van der Waals surface area contributed by atoms with Gasteiger partial charge in [-0.3, -0.25) is 14.6 Å². The molecule has 1 aliphatic rings. The van der Waals surface area contributed by atoms with Crippen molar-refractivity contribution < 1.29 is 9.18 Å². The summed E-state index contributed by atoms with van der Waals surface area (Å²) in [7, 11) is 0. The van der Waals surface area contributed by atoms with Gasteiger partial charge in [0.2, 0.25) is 5.91 Å². The lowest BCUT2D eigenvalue weighted by Crippen LogP contribution is -2.54. The van der Waals surface area contributed by atoms with E-state index in [2.05, 4.69) is 63.6 Å². The Labute approximate surface area is 189 Å². The summed E-state index contributed by atoms with van der Waals surface area (Å²) in [6.45, 7) is 5.70. The second-order valence-electron chi connectivity index (χ2n) is 8.32. The third kappa shape index (κ3) is 5.42. The van der Waals surface area contributed by atoms with Crippen molar-refractivity contribution in [3.05, 3.63) is 107 Å². The third-order valence-electron chi connectivity index (χ3n) is 6.23. The topological polar surface area (TPSA) is 35.6 Å². The summed E-state index contributed by atoms with van der Waals surface area (Å²) in [5.41, 5.74) is 3.34. The van der Waals surface area contributed by atoms with Crippen molar-refractivity contribution in [3.63, 3.8) is 0 Å². The van der Waals surface area contributed by atoms with Crippen LogP contribution in [-0.2, 0) is 11.3 Å². The predicted molar refractivity (Wildman–Crippen MR) is 126 cm³/mol. The van der Waals surface area contributed by atoms with Crippen LogP contribution in [0.5, 0.6) is 0 Å². The fraction of sp³-hybridized carbons (Fsp3) is 0.296. The molecule has 0 spiro atoms. The lowest BCUT2D eigenvalue weighted by molar-refractivity contribution is -0.126. The van der Waals surface area contributed by atoms with Gasteiger partial charge in [0.1, 0.15) is 5.82 Å². The van der Waals surface area contributed by atoms with Crippen LogP contribution >= 0.6 is 0 Å². The van der Waals surface area contributed by atoms with Gasteiger partial charge >= 0.3 is 0 Å². The van der Waals surface area contributed by atoms with E-state index in [1.807, 2.05) is 25.1 Å². The average Bonchev–Trinajstić information content (AvgIpc) is 2.84. The van der Waals surface area contributed by atoms with E-state index in [1.54, 1.807) is 6.07 Å². The van der Waals surface area contributed by atoms with Crippen LogP contribution in [0, 0.1) is 5.82 Å². The normalized spacial score (nSPS) is 16.1. The minimum Gasteiger partial charge on any atom is -0.351 e. The van der Waals surface area contributed by atoms with E-state index in [4.69, 9.17) is 0 Å². The molecule has 3 aromatic rings. The maximum Gasteiger partial charge on any atom is 0.237 e. The number of nitrogens with zero attached hydrogens (tertiary/aromatic N) is 2. The Hall–Kier alpha value is -3.02. The minimum atomic E-state index is -0.285. The monoisotopic (exact) mass is 431 g/mol. The Morgan fingerprint density at radius 1 is 0.844 bits per heavy atom. The fourth-order valence-electron chi connectivity index (χ4n) is 4.42. The molecular weight excluding hydrogens is 401 g/mol. The first-order valence-corrected chi connectivity index (χ1v) is 11.2. The average molecular weight is 432 g/mol. The number of hydrogen-bond donors (Lipinski definition) is 1. The number of halogens is 1. The molecule has 1 heterocycles. The molecule has 4 rings (SSSR count). The van der Waals surface area contributed by atoms with Crippen LogP contribution in [0.1, 0.15) is 29.7 Å². The van der Waals surface area contributed by atoms with E-state index in [1.165, 1.54) is 23.3 Å². The molecule has 166 valence electrons. The molecule has 1 aliphatic heterocycles. The lowest BCUT2D eigenvalue weighted by atomic mass is 9.96. The van der Waals surface area contributed by atoms with Crippen LogP contribution in [0.25, 0.3) is 0 Å². The van der Waals surface area contributed by atoms with E-state index >= 15 is 0 Å². The Morgan fingerprint density at radius 2 is 1.41 bits per heavy atom. The number of nitrogens with one attached hydrogen (secondary N) is 1. The van der Waals surface area contributed by atoms with Gasteiger partial charge in [-0.15, -0.1) is 0 Å². The molecule has 0 bridgehead atoms. The molecule has 0 saturated carbocycles. The van der Waals surface area contributed by atoms with E-state index in [9.17, 15) is 9.18 Å². The van der Waals surface area contributed by atoms with Gasteiger partial charge in [-0.05, 0) is 35.7 Å². The van der Waals surface area contributed by atoms with Gasteiger partial charge in [-0.25, -0.2) is 4.39 Å². The Morgan fingerprint density at radius 3 is 1.97 bits per heavy atom. The van der Waals surface area contributed by atoms with Gasteiger partial charge < -0.3 is 5.32 Å². The molecule has 1 unspecified atom stereocenters. The van der Waals surface area contributed by atoms with Gasteiger partial charge in [0.05, 0.1) is 12.1 Å². The van der Waals surface area contributed by atoms with Crippen molar-refractivity contribution in [2.75, 3.05) is 26.2 Å². The van der Waals surface area contributed by atoms with Crippen molar-refractivity contribution >= 4 is 5.91 Å².